The molecule has 0 aliphatic rings. The van der Waals surface area contributed by atoms with E-state index in [0.717, 1.165) is 0 Å². The second kappa shape index (κ2) is 10.0. The Kier molecular flexibility index (Phi) is 6.86. The molecule has 0 radical (unpaired) electrons. The molecule has 0 spiro atoms. The highest BCUT2D eigenvalue weighted by Crippen LogP contribution is 2.31. The highest BCUT2D eigenvalue weighted by molar-refractivity contribution is 6.01. The monoisotopic (exact) mass is 474 g/mol. The maximum Gasteiger partial charge on any atom is 0.249 e. The van der Waals surface area contributed by atoms with Gasteiger partial charge in [0.25, 0.3) is 0 Å². The van der Waals surface area contributed by atoms with E-state index in [0.29, 0.717) is 23.0 Å². The first-order valence-corrected chi connectivity index (χ1v) is 11.4. The fourth-order valence-electron chi connectivity index (χ4n) is 3.76. The molecular formula is C26H27FN6O2. The van der Waals surface area contributed by atoms with Gasteiger partial charge in [-0.2, -0.15) is 0 Å². The van der Waals surface area contributed by atoms with Crippen molar-refractivity contribution in [1.29, 1.82) is 0 Å². The van der Waals surface area contributed by atoms with Crippen LogP contribution in [-0.2, 0) is 16.1 Å². The van der Waals surface area contributed by atoms with Crippen LogP contribution in [0.2, 0.25) is 0 Å². The Bertz CT molecular complexity index is 1340. The number of amides is 2. The summed E-state index contributed by atoms with van der Waals surface area (Å²) in [6.07, 6.45) is 3.74. The quantitative estimate of drug-likeness (QED) is 0.416. The van der Waals surface area contributed by atoms with Crippen molar-refractivity contribution in [3.8, 4) is 0 Å². The number of nitrogens with one attached hydrogen (secondary N) is 1. The van der Waals surface area contributed by atoms with Gasteiger partial charge in [-0.25, -0.2) is 9.07 Å². The third-order valence-corrected chi connectivity index (χ3v) is 5.96. The molecule has 2 aromatic carbocycles. The van der Waals surface area contributed by atoms with Crippen LogP contribution in [0, 0.1) is 5.82 Å². The van der Waals surface area contributed by atoms with Crippen LogP contribution in [0.5, 0.6) is 0 Å². The maximum atomic E-state index is 15.1. The van der Waals surface area contributed by atoms with Crippen molar-refractivity contribution in [1.82, 2.24) is 25.3 Å². The zero-order chi connectivity index (χ0) is 25.0. The molecule has 0 bridgehead atoms. The molecule has 2 amide bonds. The van der Waals surface area contributed by atoms with Gasteiger partial charge in [-0.3, -0.25) is 19.5 Å². The van der Waals surface area contributed by atoms with Gasteiger partial charge in [0, 0.05) is 17.9 Å². The Morgan fingerprint density at radius 1 is 1.06 bits per heavy atom. The van der Waals surface area contributed by atoms with Crippen LogP contribution in [0.4, 0.5) is 10.1 Å². The van der Waals surface area contributed by atoms with Gasteiger partial charge in [-0.05, 0) is 62.2 Å². The van der Waals surface area contributed by atoms with E-state index in [1.165, 1.54) is 40.2 Å². The highest BCUT2D eigenvalue weighted by atomic mass is 19.1. The number of fused-ring (bicyclic) bond motifs is 1. The van der Waals surface area contributed by atoms with Gasteiger partial charge in [0.1, 0.15) is 23.9 Å². The first kappa shape index (κ1) is 24.0. The molecule has 0 fully saturated rings. The molecule has 0 saturated carbocycles. The number of anilines is 1. The van der Waals surface area contributed by atoms with Gasteiger partial charge in [-0.1, -0.05) is 36.4 Å². The number of aromatic nitrogens is 4. The molecule has 35 heavy (non-hydrogen) atoms. The van der Waals surface area contributed by atoms with E-state index >= 15 is 4.39 Å². The normalized spacial score (nSPS) is 12.3. The molecule has 1 unspecified atom stereocenters. The zero-order valence-corrected chi connectivity index (χ0v) is 19.9. The zero-order valence-electron chi connectivity index (χ0n) is 19.9. The van der Waals surface area contributed by atoms with Crippen LogP contribution in [-0.4, -0.2) is 37.3 Å². The molecule has 8 nitrogen and oxygen atoms in total. The van der Waals surface area contributed by atoms with Crippen LogP contribution < -0.4 is 10.2 Å². The lowest BCUT2D eigenvalue weighted by molar-refractivity contribution is -0.128. The molecule has 0 aliphatic carbocycles. The Balaban J connectivity index is 1.82. The van der Waals surface area contributed by atoms with Crippen molar-refractivity contribution in [3.63, 3.8) is 0 Å². The van der Waals surface area contributed by atoms with Gasteiger partial charge < -0.3 is 5.32 Å². The van der Waals surface area contributed by atoms with Gasteiger partial charge in [-0.15, -0.1) is 5.10 Å². The van der Waals surface area contributed by atoms with E-state index in [2.05, 4.69) is 20.6 Å². The lowest BCUT2D eigenvalue weighted by Crippen LogP contribution is -2.51. The van der Waals surface area contributed by atoms with Crippen LogP contribution in [0.25, 0.3) is 11.0 Å². The van der Waals surface area contributed by atoms with Crippen molar-refractivity contribution < 1.29 is 14.0 Å². The summed E-state index contributed by atoms with van der Waals surface area (Å²) in [5, 5.41) is 11.2. The van der Waals surface area contributed by atoms with Gasteiger partial charge in [0.2, 0.25) is 11.8 Å². The third kappa shape index (κ3) is 5.18. The van der Waals surface area contributed by atoms with E-state index in [4.69, 9.17) is 0 Å². The highest BCUT2D eigenvalue weighted by Gasteiger charge is 2.36. The summed E-state index contributed by atoms with van der Waals surface area (Å²) in [6.45, 7) is 5.51. The first-order valence-electron chi connectivity index (χ1n) is 11.4. The Labute approximate surface area is 202 Å². The molecule has 0 saturated heterocycles. The summed E-state index contributed by atoms with van der Waals surface area (Å²) < 4.78 is 16.6. The lowest BCUT2D eigenvalue weighted by atomic mass is 9.98. The number of carbonyl (C=O) groups is 2. The predicted octanol–water partition coefficient (Wildman–Crippen LogP) is 4.04. The standard InChI is InChI=1S/C26H27FN6O2/c1-4-26(2,3)29-25(35)24(18-13-15-28-16-14-18)33(21-11-7-5-9-19(21)27)23(34)17-32-22-12-8-6-10-20(22)30-31-32/h5-16,24H,4,17H2,1-3H3,(H,29,35). The summed E-state index contributed by atoms with van der Waals surface area (Å²) in [6, 6.07) is 15.3. The first-order chi connectivity index (χ1) is 16.8. The second-order valence-electron chi connectivity index (χ2n) is 8.86. The van der Waals surface area contributed by atoms with Crippen molar-refractivity contribution in [2.45, 2.75) is 45.3 Å². The Morgan fingerprint density at radius 2 is 1.74 bits per heavy atom. The number of hydrogen-bond donors (Lipinski definition) is 1. The number of halogens is 1. The van der Waals surface area contributed by atoms with E-state index < -0.39 is 29.2 Å². The van der Waals surface area contributed by atoms with Crippen LogP contribution in [0.1, 0.15) is 38.8 Å². The number of nitrogens with zero attached hydrogens (tertiary/aromatic N) is 5. The second-order valence-corrected chi connectivity index (χ2v) is 8.86. The van der Waals surface area contributed by atoms with Gasteiger partial charge >= 0.3 is 0 Å². The van der Waals surface area contributed by atoms with Crippen LogP contribution >= 0.6 is 0 Å². The molecular weight excluding hydrogens is 447 g/mol. The SMILES string of the molecule is CCC(C)(C)NC(=O)C(c1ccncc1)N(C(=O)Cn1nnc2ccccc21)c1ccccc1F. The van der Waals surface area contributed by atoms with Gasteiger partial charge in [0.05, 0.1) is 11.2 Å². The topological polar surface area (TPSA) is 93.0 Å². The molecule has 180 valence electrons. The summed E-state index contributed by atoms with van der Waals surface area (Å²) in [5.74, 6) is -1.56. The van der Waals surface area contributed by atoms with E-state index in [-0.39, 0.29) is 12.2 Å². The minimum atomic E-state index is -1.14. The molecule has 4 aromatic rings. The third-order valence-electron chi connectivity index (χ3n) is 5.96. The van der Waals surface area contributed by atoms with Crippen LogP contribution in [0.3, 0.4) is 0 Å². The van der Waals surface area contributed by atoms with Gasteiger partial charge in [0.15, 0.2) is 0 Å². The van der Waals surface area contributed by atoms with Crippen molar-refractivity contribution in [2.75, 3.05) is 4.90 Å². The Hall–Kier alpha value is -4.14. The molecule has 1 N–H and O–H groups in total. The lowest BCUT2D eigenvalue weighted by Gasteiger charge is -2.34. The average Bonchev–Trinajstić information content (AvgIpc) is 3.26. The number of pyridine rings is 1. The maximum absolute atomic E-state index is 15.1. The van der Waals surface area contributed by atoms with Crippen molar-refractivity contribution in [2.24, 2.45) is 0 Å². The van der Waals surface area contributed by atoms with E-state index in [1.54, 1.807) is 30.3 Å². The number of hydrogen-bond acceptors (Lipinski definition) is 5. The molecule has 2 aromatic heterocycles. The predicted molar refractivity (Wildman–Crippen MR) is 131 cm³/mol. The number of para-hydroxylation sites is 2. The van der Waals surface area contributed by atoms with Crippen molar-refractivity contribution >= 4 is 28.5 Å². The molecule has 2 heterocycles. The molecule has 9 heteroatoms. The van der Waals surface area contributed by atoms with Crippen molar-refractivity contribution in [3.05, 3.63) is 84.4 Å². The number of rotatable bonds is 8. The number of benzene rings is 2. The summed E-state index contributed by atoms with van der Waals surface area (Å²) in [5.41, 5.74) is 1.25. The fraction of sp³-hybridized carbons (Fsp3) is 0.269. The smallest absolute Gasteiger partial charge is 0.249 e. The summed E-state index contributed by atoms with van der Waals surface area (Å²) >= 11 is 0. The minimum Gasteiger partial charge on any atom is -0.349 e. The average molecular weight is 475 g/mol. The molecule has 0 aliphatic heterocycles. The Morgan fingerprint density at radius 3 is 2.46 bits per heavy atom. The molecule has 4 rings (SSSR count). The summed E-state index contributed by atoms with van der Waals surface area (Å²) in [4.78, 5) is 32.7. The van der Waals surface area contributed by atoms with Crippen LogP contribution in [0.15, 0.2) is 73.1 Å². The van der Waals surface area contributed by atoms with E-state index in [1.807, 2.05) is 32.9 Å². The van der Waals surface area contributed by atoms with E-state index in [9.17, 15) is 9.59 Å². The molecule has 1 atom stereocenters. The minimum absolute atomic E-state index is 0.00631. The summed E-state index contributed by atoms with van der Waals surface area (Å²) in [7, 11) is 0. The largest absolute Gasteiger partial charge is 0.349 e. The fourth-order valence-corrected chi connectivity index (χ4v) is 3.76. The number of carbonyl (C=O) groups excluding carboxylic acids is 2.